The quantitative estimate of drug-likeness (QED) is 0.0682. The Morgan fingerprint density at radius 3 is 1.70 bits per heavy atom. The van der Waals surface area contributed by atoms with Gasteiger partial charge in [0, 0.05) is 34.5 Å². The number of carbonyl (C=O) groups is 4. The molecule has 0 saturated carbocycles. The third-order valence-electron chi connectivity index (χ3n) is 10.9. The Hall–Kier alpha value is -7.55. The number of carbonyl (C=O) groups excluding carboxylic acids is 2. The van der Waals surface area contributed by atoms with E-state index in [1.807, 2.05) is 84.0 Å². The molecule has 2 amide bonds. The minimum atomic E-state index is -1.11. The smallest absolute Gasteiger partial charge is 0.341 e. The van der Waals surface area contributed by atoms with Crippen molar-refractivity contribution in [2.45, 2.75) is 54.4 Å². The number of nitrogens with one attached hydrogen (secondary N) is 4. The van der Waals surface area contributed by atoms with Gasteiger partial charge in [-0.25, -0.2) is 19.7 Å². The Balaban J connectivity index is 0.000000196. The number of aromatic nitrogens is 5. The number of rotatable bonds is 12. The van der Waals surface area contributed by atoms with Crippen molar-refractivity contribution >= 4 is 80.5 Å². The molecule has 3 heterocycles. The maximum atomic E-state index is 12.8. The maximum absolute atomic E-state index is 12.8. The molecule has 0 atom stereocenters. The number of aryl methyl sites for hydroxylation is 7. The van der Waals surface area contributed by atoms with E-state index < -0.39 is 18.5 Å². The Bertz CT molecular complexity index is 2960. The second-order valence-corrected chi connectivity index (χ2v) is 16.7. The molecule has 16 heteroatoms. The van der Waals surface area contributed by atoms with Crippen LogP contribution >= 0.6 is 23.2 Å². The van der Waals surface area contributed by atoms with Crippen LogP contribution in [0.3, 0.4) is 0 Å². The molecular weight excluding hydrogens is 881 g/mol. The fraction of sp³-hybridized carbons (Fsp3) is 0.180. The van der Waals surface area contributed by atoms with Crippen molar-refractivity contribution in [3.63, 3.8) is 0 Å². The number of ether oxygens (including phenoxy) is 1. The molecule has 0 aliphatic heterocycles. The SMILES string of the molecule is Cc1ccc(NC(=O)c2ccc3nc(-c4c(C)cc(CCC(=O)O)cc4C)[nH]c3c2)nc1C.Cc1ccc(NC(=O)c2ccc3nc(-c4c(Cl)cc(OCC(=O)O)cc4Cl)[nH]c3c2)cc1C. The molecule has 6 N–H and O–H groups in total. The Morgan fingerprint density at radius 2 is 1.15 bits per heavy atom. The lowest BCUT2D eigenvalue weighted by Gasteiger charge is -2.10. The van der Waals surface area contributed by atoms with Gasteiger partial charge < -0.3 is 35.6 Å². The first-order valence-electron chi connectivity index (χ1n) is 20.7. The molecule has 0 aliphatic rings. The predicted octanol–water partition coefficient (Wildman–Crippen LogP) is 11.0. The van der Waals surface area contributed by atoms with Crippen molar-refractivity contribution in [2.75, 3.05) is 17.2 Å². The Morgan fingerprint density at radius 1 is 0.591 bits per heavy atom. The number of H-pyrrole nitrogens is 2. The largest absolute Gasteiger partial charge is 0.482 e. The third kappa shape index (κ3) is 10.9. The van der Waals surface area contributed by atoms with E-state index in [0.717, 1.165) is 67.2 Å². The van der Waals surface area contributed by atoms with E-state index in [1.54, 1.807) is 36.4 Å². The molecule has 8 aromatic rings. The molecule has 14 nitrogen and oxygen atoms in total. The standard InChI is InChI=1S/C26H26N4O3.C24H19Cl2N3O4/c1-14-5-9-22(27-17(14)4)30-26(33)19-7-8-20-21(13-19)29-25(28-20)24-15(2)11-18(12-16(24)3)6-10-23(31)32;1-12-3-5-15(7-13(12)2)27-24(32)14-4-6-19-20(8-14)29-23(28-19)22-17(25)9-16(10-18(22)26)33-11-21(30)31/h5,7-9,11-13H,6,10H2,1-4H3,(H,28,29)(H,31,32)(H,27,30,33);3-10H,11H2,1-2H3,(H,27,32)(H,28,29)(H,30,31). The number of nitrogens with zero attached hydrogens (tertiary/aromatic N) is 3. The molecule has 0 bridgehead atoms. The molecule has 336 valence electrons. The maximum Gasteiger partial charge on any atom is 0.341 e. The first kappa shape index (κ1) is 46.4. The summed E-state index contributed by atoms with van der Waals surface area (Å²) in [5.74, 6) is -0.512. The number of amides is 2. The van der Waals surface area contributed by atoms with Crippen LogP contribution in [0.25, 0.3) is 44.8 Å². The van der Waals surface area contributed by atoms with Crippen molar-refractivity contribution in [3.05, 3.63) is 151 Å². The van der Waals surface area contributed by atoms with Crippen molar-refractivity contribution in [3.8, 4) is 28.5 Å². The van der Waals surface area contributed by atoms with E-state index in [1.165, 1.54) is 12.1 Å². The Kier molecular flexibility index (Phi) is 13.8. The monoisotopic (exact) mass is 925 g/mol. The molecule has 0 radical (unpaired) electrons. The van der Waals surface area contributed by atoms with Gasteiger partial charge in [-0.15, -0.1) is 0 Å². The first-order chi connectivity index (χ1) is 31.4. The van der Waals surface area contributed by atoms with Crippen LogP contribution in [0.4, 0.5) is 11.5 Å². The summed E-state index contributed by atoms with van der Waals surface area (Å²) in [6.07, 6.45) is 0.594. The van der Waals surface area contributed by atoms with Crippen molar-refractivity contribution in [1.29, 1.82) is 0 Å². The molecule has 0 fully saturated rings. The van der Waals surface area contributed by atoms with Gasteiger partial charge >= 0.3 is 11.9 Å². The highest BCUT2D eigenvalue weighted by Gasteiger charge is 2.18. The zero-order chi connectivity index (χ0) is 47.4. The molecule has 0 saturated heterocycles. The van der Waals surface area contributed by atoms with Crippen LogP contribution in [0.5, 0.6) is 5.75 Å². The van der Waals surface area contributed by atoms with Gasteiger partial charge in [-0.2, -0.15) is 0 Å². The molecule has 66 heavy (non-hydrogen) atoms. The summed E-state index contributed by atoms with van der Waals surface area (Å²) in [6, 6.07) is 26.9. The van der Waals surface area contributed by atoms with Gasteiger partial charge in [0.05, 0.1) is 37.7 Å². The number of fused-ring (bicyclic) bond motifs is 2. The summed E-state index contributed by atoms with van der Waals surface area (Å²) in [5.41, 5.74) is 13.1. The van der Waals surface area contributed by atoms with E-state index in [2.05, 4.69) is 30.6 Å². The number of hydrogen-bond donors (Lipinski definition) is 6. The summed E-state index contributed by atoms with van der Waals surface area (Å²) in [4.78, 5) is 67.2. The van der Waals surface area contributed by atoms with Gasteiger partial charge in [-0.05, 0) is 148 Å². The van der Waals surface area contributed by atoms with Crippen LogP contribution in [0.1, 0.15) is 66.2 Å². The summed E-state index contributed by atoms with van der Waals surface area (Å²) in [7, 11) is 0. The van der Waals surface area contributed by atoms with E-state index in [-0.39, 0.29) is 34.0 Å². The van der Waals surface area contributed by atoms with Crippen LogP contribution in [-0.4, -0.2) is 65.5 Å². The highest BCUT2D eigenvalue weighted by molar-refractivity contribution is 6.39. The highest BCUT2D eigenvalue weighted by Crippen LogP contribution is 2.38. The van der Waals surface area contributed by atoms with Gasteiger partial charge in [-0.3, -0.25) is 14.4 Å². The number of pyridine rings is 1. The molecule has 8 rings (SSSR count). The van der Waals surface area contributed by atoms with Gasteiger partial charge in [0.2, 0.25) is 0 Å². The zero-order valence-electron chi connectivity index (χ0n) is 36.8. The van der Waals surface area contributed by atoms with Gasteiger partial charge in [0.25, 0.3) is 11.8 Å². The third-order valence-corrected chi connectivity index (χ3v) is 11.5. The van der Waals surface area contributed by atoms with Crippen LogP contribution in [0.2, 0.25) is 10.0 Å². The minimum Gasteiger partial charge on any atom is -0.482 e. The van der Waals surface area contributed by atoms with Crippen molar-refractivity contribution in [2.24, 2.45) is 0 Å². The number of aliphatic carboxylic acids is 2. The fourth-order valence-electron chi connectivity index (χ4n) is 7.28. The van der Waals surface area contributed by atoms with Gasteiger partial charge in [-0.1, -0.05) is 47.5 Å². The molecular formula is C50H45Cl2N7O7. The zero-order valence-corrected chi connectivity index (χ0v) is 38.3. The lowest BCUT2D eigenvalue weighted by Crippen LogP contribution is -2.13. The second kappa shape index (κ2) is 19.7. The second-order valence-electron chi connectivity index (χ2n) is 15.9. The summed E-state index contributed by atoms with van der Waals surface area (Å²) in [6.45, 7) is 11.4. The molecule has 0 aliphatic carbocycles. The van der Waals surface area contributed by atoms with Crippen LogP contribution in [0, 0.1) is 41.5 Å². The number of imidazole rings is 2. The van der Waals surface area contributed by atoms with Crippen LogP contribution in [-0.2, 0) is 16.0 Å². The molecule has 0 spiro atoms. The number of hydrogen-bond acceptors (Lipinski definition) is 8. The average molecular weight is 927 g/mol. The summed E-state index contributed by atoms with van der Waals surface area (Å²) < 4.78 is 5.14. The number of anilines is 2. The van der Waals surface area contributed by atoms with E-state index in [4.69, 9.17) is 43.1 Å². The number of carboxylic acid groups (broad SMARTS) is 2. The molecule has 3 aromatic heterocycles. The fourth-order valence-corrected chi connectivity index (χ4v) is 7.92. The van der Waals surface area contributed by atoms with Crippen molar-refractivity contribution < 1.29 is 34.1 Å². The average Bonchev–Trinajstić information content (AvgIpc) is 3.88. The Labute approximate surface area is 389 Å². The number of aromatic amines is 2. The predicted molar refractivity (Wildman–Crippen MR) is 257 cm³/mol. The lowest BCUT2D eigenvalue weighted by molar-refractivity contribution is -0.139. The summed E-state index contributed by atoms with van der Waals surface area (Å²) in [5, 5.41) is 23.9. The minimum absolute atomic E-state index is 0.103. The summed E-state index contributed by atoms with van der Waals surface area (Å²) >= 11 is 12.7. The van der Waals surface area contributed by atoms with Gasteiger partial charge in [0.1, 0.15) is 23.2 Å². The molecule has 5 aromatic carbocycles. The number of halogens is 2. The van der Waals surface area contributed by atoms with Crippen LogP contribution < -0.4 is 15.4 Å². The number of benzene rings is 5. The van der Waals surface area contributed by atoms with Crippen LogP contribution in [0.15, 0.2) is 91.0 Å². The lowest BCUT2D eigenvalue weighted by atomic mass is 9.97. The number of carboxylic acids is 2. The normalized spacial score (nSPS) is 11.0. The molecule has 0 unspecified atom stereocenters. The highest BCUT2D eigenvalue weighted by atomic mass is 35.5. The topological polar surface area (TPSA) is 212 Å². The van der Waals surface area contributed by atoms with Gasteiger partial charge in [0.15, 0.2) is 6.61 Å². The first-order valence-corrected chi connectivity index (χ1v) is 21.5. The van der Waals surface area contributed by atoms with Crippen molar-refractivity contribution in [1.82, 2.24) is 24.9 Å². The van der Waals surface area contributed by atoms with E-state index >= 15 is 0 Å². The van der Waals surface area contributed by atoms with E-state index in [0.29, 0.717) is 45.8 Å². The van der Waals surface area contributed by atoms with E-state index in [9.17, 15) is 19.2 Å².